The first-order chi connectivity index (χ1) is 13.6. The van der Waals surface area contributed by atoms with E-state index in [1.54, 1.807) is 31.4 Å². The summed E-state index contributed by atoms with van der Waals surface area (Å²) in [5.41, 5.74) is 1.51. The van der Waals surface area contributed by atoms with E-state index in [-0.39, 0.29) is 11.3 Å². The number of hydrogen-bond acceptors (Lipinski definition) is 6. The molecule has 0 unspecified atom stereocenters. The molecule has 1 fully saturated rings. The van der Waals surface area contributed by atoms with Gasteiger partial charge in [-0.15, -0.1) is 0 Å². The van der Waals surface area contributed by atoms with Crippen molar-refractivity contribution >= 4 is 51.3 Å². The van der Waals surface area contributed by atoms with Crippen LogP contribution in [0.3, 0.4) is 0 Å². The topological polar surface area (TPSA) is 59.8 Å². The lowest BCUT2D eigenvalue weighted by Crippen LogP contribution is -2.27. The van der Waals surface area contributed by atoms with E-state index in [9.17, 15) is 9.59 Å². The van der Waals surface area contributed by atoms with Crippen LogP contribution in [0.2, 0.25) is 0 Å². The summed E-state index contributed by atoms with van der Waals surface area (Å²) < 4.78 is 11.2. The lowest BCUT2D eigenvalue weighted by atomic mass is 10.1. The van der Waals surface area contributed by atoms with Gasteiger partial charge in [0.2, 0.25) is 0 Å². The summed E-state index contributed by atoms with van der Waals surface area (Å²) in [6.45, 7) is 0.398. The Morgan fingerprint density at radius 2 is 1.96 bits per heavy atom. The van der Waals surface area contributed by atoms with E-state index < -0.39 is 0 Å². The highest BCUT2D eigenvalue weighted by Crippen LogP contribution is 2.33. The molecule has 7 heteroatoms. The summed E-state index contributed by atoms with van der Waals surface area (Å²) in [6, 6.07) is 14.6. The summed E-state index contributed by atoms with van der Waals surface area (Å²) in [7, 11) is 1.55. The molecule has 0 aliphatic carbocycles. The van der Waals surface area contributed by atoms with Crippen LogP contribution in [0.1, 0.15) is 11.1 Å². The highest BCUT2D eigenvalue weighted by atomic mass is 32.2. The van der Waals surface area contributed by atoms with E-state index >= 15 is 0 Å². The third-order valence-electron chi connectivity index (χ3n) is 4.35. The Kier molecular flexibility index (Phi) is 5.02. The van der Waals surface area contributed by atoms with Gasteiger partial charge in [-0.2, -0.15) is 0 Å². The van der Waals surface area contributed by atoms with Crippen LogP contribution in [0.25, 0.3) is 17.0 Å². The Morgan fingerprint density at radius 3 is 2.71 bits per heavy atom. The molecule has 140 valence electrons. The van der Waals surface area contributed by atoms with Crippen molar-refractivity contribution in [3.05, 3.63) is 81.0 Å². The van der Waals surface area contributed by atoms with Crippen molar-refractivity contribution in [3.63, 3.8) is 0 Å². The highest BCUT2D eigenvalue weighted by Gasteiger charge is 2.32. The average Bonchev–Trinajstić information content (AvgIpc) is 2.98. The molecule has 2 aromatic carbocycles. The molecule has 2 heterocycles. The molecular formula is C21H15NO4S2. The fourth-order valence-electron chi connectivity index (χ4n) is 2.89. The quantitative estimate of drug-likeness (QED) is 0.475. The van der Waals surface area contributed by atoms with Crippen molar-refractivity contribution < 1.29 is 13.9 Å². The zero-order valence-electron chi connectivity index (χ0n) is 14.9. The van der Waals surface area contributed by atoms with E-state index in [1.807, 2.05) is 30.3 Å². The predicted molar refractivity (Wildman–Crippen MR) is 114 cm³/mol. The van der Waals surface area contributed by atoms with Crippen molar-refractivity contribution in [2.75, 3.05) is 7.11 Å². The van der Waals surface area contributed by atoms with Crippen LogP contribution in [0, 0.1) is 0 Å². The molecule has 0 bridgehead atoms. The minimum atomic E-state index is -0.215. The largest absolute Gasteiger partial charge is 0.497 e. The summed E-state index contributed by atoms with van der Waals surface area (Å²) >= 11 is 6.54. The number of carbonyl (C=O) groups excluding carboxylic acids is 1. The molecule has 1 aromatic heterocycles. The number of fused-ring (bicyclic) bond motifs is 1. The third kappa shape index (κ3) is 3.46. The number of carbonyl (C=O) groups is 1. The SMILES string of the molecule is COc1ccc2c(=O)c(/C=C3/SC(=S)N(Cc4ccccc4)C3=O)coc2c1. The predicted octanol–water partition coefficient (Wildman–Crippen LogP) is 4.20. The fraction of sp³-hybridized carbons (Fsp3) is 0.0952. The molecular weight excluding hydrogens is 394 g/mol. The van der Waals surface area contributed by atoms with Crippen LogP contribution in [0.15, 0.2) is 68.9 Å². The molecule has 1 saturated heterocycles. The van der Waals surface area contributed by atoms with Crippen LogP contribution < -0.4 is 10.2 Å². The zero-order chi connectivity index (χ0) is 19.7. The number of amides is 1. The number of benzene rings is 2. The van der Waals surface area contributed by atoms with Gasteiger partial charge in [0.25, 0.3) is 5.91 Å². The normalized spacial score (nSPS) is 15.6. The molecule has 0 saturated carbocycles. The second-order valence-electron chi connectivity index (χ2n) is 6.14. The maximum absolute atomic E-state index is 12.8. The van der Waals surface area contributed by atoms with Crippen LogP contribution in [0.5, 0.6) is 5.75 Å². The molecule has 4 rings (SSSR count). The number of hydrogen-bond donors (Lipinski definition) is 0. The van der Waals surface area contributed by atoms with E-state index in [1.165, 1.54) is 22.9 Å². The second-order valence-corrected chi connectivity index (χ2v) is 7.81. The standard InChI is InChI=1S/C21H15NO4S2/c1-25-15-7-8-16-17(10-15)26-12-14(19(16)23)9-18-20(24)22(21(27)28-18)11-13-5-3-2-4-6-13/h2-10,12H,11H2,1H3/b18-9+. The number of thiocarbonyl (C=S) groups is 1. The maximum atomic E-state index is 12.8. The van der Waals surface area contributed by atoms with Crippen LogP contribution in [0.4, 0.5) is 0 Å². The monoisotopic (exact) mass is 409 g/mol. The first-order valence-electron chi connectivity index (χ1n) is 8.45. The van der Waals surface area contributed by atoms with E-state index in [4.69, 9.17) is 21.4 Å². The number of ether oxygens (including phenoxy) is 1. The zero-order valence-corrected chi connectivity index (χ0v) is 16.5. The smallest absolute Gasteiger partial charge is 0.266 e. The maximum Gasteiger partial charge on any atom is 0.266 e. The van der Waals surface area contributed by atoms with Gasteiger partial charge in [0.15, 0.2) is 5.43 Å². The van der Waals surface area contributed by atoms with Gasteiger partial charge < -0.3 is 9.15 Å². The lowest BCUT2D eigenvalue weighted by Gasteiger charge is -2.14. The van der Waals surface area contributed by atoms with Gasteiger partial charge in [0.1, 0.15) is 21.9 Å². The number of thioether (sulfide) groups is 1. The molecule has 1 aliphatic rings. The molecule has 28 heavy (non-hydrogen) atoms. The molecule has 0 atom stereocenters. The van der Waals surface area contributed by atoms with Crippen molar-refractivity contribution in [1.82, 2.24) is 4.90 Å². The molecule has 1 amide bonds. The van der Waals surface area contributed by atoms with Gasteiger partial charge in [0, 0.05) is 6.07 Å². The van der Waals surface area contributed by atoms with Gasteiger partial charge in [-0.25, -0.2) is 0 Å². The first kappa shape index (κ1) is 18.5. The number of rotatable bonds is 4. The first-order valence-corrected chi connectivity index (χ1v) is 9.68. The summed E-state index contributed by atoms with van der Waals surface area (Å²) in [5.74, 6) is 0.387. The van der Waals surface area contributed by atoms with Gasteiger partial charge >= 0.3 is 0 Å². The Morgan fingerprint density at radius 1 is 1.18 bits per heavy atom. The van der Waals surface area contributed by atoms with E-state index in [0.29, 0.717) is 38.1 Å². The molecule has 5 nitrogen and oxygen atoms in total. The minimum absolute atomic E-state index is 0.211. The van der Waals surface area contributed by atoms with Crippen LogP contribution >= 0.6 is 24.0 Å². The summed E-state index contributed by atoms with van der Waals surface area (Å²) in [4.78, 5) is 27.5. The molecule has 0 N–H and O–H groups in total. The lowest BCUT2D eigenvalue weighted by molar-refractivity contribution is -0.122. The Hall–Kier alpha value is -2.90. The van der Waals surface area contributed by atoms with Crippen molar-refractivity contribution in [2.45, 2.75) is 6.54 Å². The van der Waals surface area contributed by atoms with Gasteiger partial charge in [-0.05, 0) is 23.8 Å². The van der Waals surface area contributed by atoms with Crippen molar-refractivity contribution in [1.29, 1.82) is 0 Å². The van der Waals surface area contributed by atoms with Crippen molar-refractivity contribution in [2.24, 2.45) is 0 Å². The van der Waals surface area contributed by atoms with E-state index in [0.717, 1.165) is 5.56 Å². The van der Waals surface area contributed by atoms with E-state index in [2.05, 4.69) is 0 Å². The van der Waals surface area contributed by atoms with Crippen LogP contribution in [-0.4, -0.2) is 22.2 Å². The third-order valence-corrected chi connectivity index (χ3v) is 5.73. The fourth-order valence-corrected chi connectivity index (χ4v) is 4.14. The molecule has 1 aliphatic heterocycles. The Labute approximate surface area is 170 Å². The van der Waals surface area contributed by atoms with Crippen LogP contribution in [-0.2, 0) is 11.3 Å². The van der Waals surface area contributed by atoms with Gasteiger partial charge in [0.05, 0.1) is 29.5 Å². The summed E-state index contributed by atoms with van der Waals surface area (Å²) in [6.07, 6.45) is 2.90. The highest BCUT2D eigenvalue weighted by molar-refractivity contribution is 8.26. The van der Waals surface area contributed by atoms with Gasteiger partial charge in [-0.3, -0.25) is 14.5 Å². The summed E-state index contributed by atoms with van der Waals surface area (Å²) in [5, 5.41) is 0.425. The molecule has 3 aromatic rings. The Balaban J connectivity index is 1.66. The number of methoxy groups -OCH3 is 1. The molecule has 0 radical (unpaired) electrons. The Bertz CT molecular complexity index is 1170. The number of nitrogens with zero attached hydrogens (tertiary/aromatic N) is 1. The second kappa shape index (κ2) is 7.61. The van der Waals surface area contributed by atoms with Crippen molar-refractivity contribution in [3.8, 4) is 5.75 Å². The minimum Gasteiger partial charge on any atom is -0.497 e. The molecule has 0 spiro atoms. The average molecular weight is 409 g/mol. The van der Waals surface area contributed by atoms with Gasteiger partial charge in [-0.1, -0.05) is 54.3 Å².